The zero-order chi connectivity index (χ0) is 18.1. The van der Waals surface area contributed by atoms with E-state index in [2.05, 4.69) is 11.1 Å². The summed E-state index contributed by atoms with van der Waals surface area (Å²) in [7, 11) is -4.48. The van der Waals surface area contributed by atoms with Crippen molar-refractivity contribution < 1.29 is 56.6 Å². The summed E-state index contributed by atoms with van der Waals surface area (Å²) < 4.78 is 34.5. The summed E-state index contributed by atoms with van der Waals surface area (Å²) in [5.41, 5.74) is 0. The van der Waals surface area contributed by atoms with Gasteiger partial charge in [0.25, 0.3) is 0 Å². The predicted octanol–water partition coefficient (Wildman–Crippen LogP) is 0.157. The second-order valence-corrected chi connectivity index (χ2v) is 6.94. The molecule has 0 saturated carbocycles. The van der Waals surface area contributed by atoms with Gasteiger partial charge in [-0.1, -0.05) is 78.6 Å². The van der Waals surface area contributed by atoms with E-state index in [0.717, 1.165) is 12.8 Å². The molecule has 0 fully saturated rings. The quantitative estimate of drug-likeness (QED) is 0.204. The Balaban J connectivity index is -0.000000238. The smallest absolute Gasteiger partial charge is 0.726 e. The summed E-state index contributed by atoms with van der Waals surface area (Å²) in [5, 5.41) is 9.59. The molecule has 0 aliphatic rings. The van der Waals surface area contributed by atoms with Gasteiger partial charge in [0, 0.05) is 5.97 Å². The number of hydrogen-bond acceptors (Lipinski definition) is 6. The van der Waals surface area contributed by atoms with Gasteiger partial charge in [-0.05, 0) is 12.3 Å². The van der Waals surface area contributed by atoms with Crippen molar-refractivity contribution in [1.29, 1.82) is 0 Å². The molecule has 0 rings (SSSR count). The summed E-state index contributed by atoms with van der Waals surface area (Å²) in [6, 6.07) is 0. The van der Waals surface area contributed by atoms with Crippen molar-refractivity contribution in [1.82, 2.24) is 6.15 Å². The molecule has 0 aliphatic carbocycles. The molecule has 148 valence electrons. The molecule has 9 heteroatoms. The molecule has 0 aliphatic heterocycles. The molecule has 0 saturated heterocycles. The van der Waals surface area contributed by atoms with Gasteiger partial charge in [-0.15, -0.1) is 0 Å². The Bertz CT molecular complexity index is 377. The zero-order valence-corrected chi connectivity index (χ0v) is 19.5. The Morgan fingerprint density at radius 2 is 1.24 bits per heavy atom. The van der Waals surface area contributed by atoms with Crippen LogP contribution in [0, 0.1) is 5.92 Å². The van der Waals surface area contributed by atoms with Crippen LogP contribution in [0.1, 0.15) is 85.0 Å². The van der Waals surface area contributed by atoms with Crippen LogP contribution in [0.4, 0.5) is 0 Å². The third-order valence-electron chi connectivity index (χ3n) is 3.20. The fourth-order valence-electron chi connectivity index (χ4n) is 1.75. The summed E-state index contributed by atoms with van der Waals surface area (Å²) in [6.07, 6.45) is 11.7. The number of carboxylic acids is 1. The van der Waals surface area contributed by atoms with Crippen LogP contribution in [0.2, 0.25) is 0 Å². The minimum Gasteiger partial charge on any atom is -0.726 e. The topological polar surface area (TPSA) is 143 Å². The van der Waals surface area contributed by atoms with Crippen LogP contribution in [0.25, 0.3) is 0 Å². The molecule has 0 aromatic heterocycles. The van der Waals surface area contributed by atoms with Crippen molar-refractivity contribution in [3.8, 4) is 0 Å². The fraction of sp³-hybridized carbons (Fsp3) is 0.938. The molecule has 4 N–H and O–H groups in total. The average Bonchev–Trinajstić information content (AvgIpc) is 2.44. The molecule has 25 heavy (non-hydrogen) atoms. The molecular formula is C16H36NNaO6S. The third-order valence-corrected chi connectivity index (χ3v) is 3.65. The Morgan fingerprint density at radius 1 is 0.920 bits per heavy atom. The second-order valence-electron chi connectivity index (χ2n) is 5.89. The van der Waals surface area contributed by atoms with Gasteiger partial charge in [0.2, 0.25) is 10.4 Å². The van der Waals surface area contributed by atoms with Crippen LogP contribution in [0.15, 0.2) is 0 Å². The van der Waals surface area contributed by atoms with Crippen molar-refractivity contribution in [2.24, 2.45) is 5.92 Å². The Hall–Kier alpha value is 0.300. The molecule has 0 bridgehead atoms. The maximum atomic E-state index is 10.1. The molecule has 0 unspecified atom stereocenters. The van der Waals surface area contributed by atoms with Crippen LogP contribution in [0.5, 0.6) is 0 Å². The summed E-state index contributed by atoms with van der Waals surface area (Å²) >= 11 is 0. The van der Waals surface area contributed by atoms with Crippen LogP contribution < -0.4 is 40.8 Å². The van der Waals surface area contributed by atoms with Gasteiger partial charge in [0.05, 0.1) is 6.61 Å². The number of carboxylic acid groups (broad SMARTS) is 1. The first-order valence-corrected chi connectivity index (χ1v) is 9.85. The minimum absolute atomic E-state index is 0. The second kappa shape index (κ2) is 22.3. The first kappa shape index (κ1) is 32.9. The van der Waals surface area contributed by atoms with Gasteiger partial charge in [-0.2, -0.15) is 0 Å². The van der Waals surface area contributed by atoms with Crippen molar-refractivity contribution in [2.45, 2.75) is 85.0 Å². The minimum atomic E-state index is -4.48. The molecule has 7 nitrogen and oxygen atoms in total. The van der Waals surface area contributed by atoms with Crippen LogP contribution in [-0.2, 0) is 19.4 Å². The van der Waals surface area contributed by atoms with Gasteiger partial charge >= 0.3 is 29.6 Å². The monoisotopic (exact) mass is 393 g/mol. The molecule has 0 spiro atoms. The van der Waals surface area contributed by atoms with E-state index < -0.39 is 16.4 Å². The normalized spacial score (nSPS) is 10.3. The summed E-state index contributed by atoms with van der Waals surface area (Å²) in [4.78, 5) is 9.59. The number of carbonyl (C=O) groups excluding carboxylic acids is 1. The number of aliphatic carboxylic acids is 1. The van der Waals surface area contributed by atoms with Gasteiger partial charge in [0.1, 0.15) is 0 Å². The van der Waals surface area contributed by atoms with Gasteiger partial charge < -0.3 is 20.6 Å². The molecular weight excluding hydrogens is 357 g/mol. The number of unbranched alkanes of at least 4 members (excludes halogenated alkanes) is 9. The summed E-state index contributed by atoms with van der Waals surface area (Å²) in [5.74, 6) is -1.33. The Kier molecular flexibility index (Phi) is 29.4. The first-order chi connectivity index (χ1) is 10.7. The van der Waals surface area contributed by atoms with E-state index in [9.17, 15) is 22.9 Å². The largest absolute Gasteiger partial charge is 1.00 e. The average molecular weight is 394 g/mol. The molecule has 0 atom stereocenters. The van der Waals surface area contributed by atoms with Crippen molar-refractivity contribution >= 4 is 16.4 Å². The van der Waals surface area contributed by atoms with Crippen LogP contribution in [0.3, 0.4) is 0 Å². The Morgan fingerprint density at radius 3 is 1.52 bits per heavy atom. The van der Waals surface area contributed by atoms with E-state index in [1.165, 1.54) is 44.9 Å². The van der Waals surface area contributed by atoms with E-state index in [1.807, 2.05) is 0 Å². The maximum absolute atomic E-state index is 10.1. The maximum Gasteiger partial charge on any atom is 1.00 e. The molecule has 0 aromatic rings. The number of rotatable bonds is 13. The van der Waals surface area contributed by atoms with E-state index in [4.69, 9.17) is 0 Å². The molecule has 0 amide bonds. The van der Waals surface area contributed by atoms with E-state index in [-0.39, 0.29) is 48.2 Å². The predicted molar refractivity (Wildman–Crippen MR) is 93.3 cm³/mol. The van der Waals surface area contributed by atoms with Crippen molar-refractivity contribution in [2.75, 3.05) is 6.61 Å². The first-order valence-electron chi connectivity index (χ1n) is 8.51. The number of carbonyl (C=O) groups is 1. The van der Waals surface area contributed by atoms with Gasteiger partial charge in [-0.25, -0.2) is 8.42 Å². The SMILES string of the molecule is CC(C)C(=O)[O-].CCCCCCCCCCCCOS(=O)(=O)[O-].[NH4+].[Na+]. The standard InChI is InChI=1S/C12H26O4S.C4H8O2.H3N.Na/c1-2-3-4-5-6-7-8-9-10-11-12-16-17(13,14)15;1-3(2)4(5)6;;/h2-12H2,1H3,(H,13,14,15);3H,1-2H3,(H,5,6);1H3;/q;;;+1/p-1. The molecule has 0 heterocycles. The number of hydrogen-bond donors (Lipinski definition) is 1. The van der Waals surface area contributed by atoms with Crippen molar-refractivity contribution in [3.05, 3.63) is 0 Å². The fourth-order valence-corrected chi connectivity index (χ4v) is 2.07. The third kappa shape index (κ3) is 36.1. The Labute approximate surface area is 176 Å². The van der Waals surface area contributed by atoms with Gasteiger partial charge in [-0.3, -0.25) is 4.18 Å². The molecule has 0 radical (unpaired) electrons. The van der Waals surface area contributed by atoms with Crippen LogP contribution in [-0.4, -0.2) is 25.5 Å². The zero-order valence-electron chi connectivity index (χ0n) is 16.7. The van der Waals surface area contributed by atoms with Crippen molar-refractivity contribution in [3.63, 3.8) is 0 Å². The van der Waals surface area contributed by atoms with Crippen LogP contribution >= 0.6 is 0 Å². The van der Waals surface area contributed by atoms with E-state index in [0.29, 0.717) is 6.42 Å². The van der Waals surface area contributed by atoms with E-state index in [1.54, 1.807) is 13.8 Å². The summed E-state index contributed by atoms with van der Waals surface area (Å²) in [6.45, 7) is 5.40. The molecule has 0 aromatic carbocycles. The van der Waals surface area contributed by atoms with E-state index >= 15 is 0 Å². The van der Waals surface area contributed by atoms with Gasteiger partial charge in [0.15, 0.2) is 0 Å². The number of quaternary nitrogens is 1.